The molecule has 0 bridgehead atoms. The van der Waals surface area contributed by atoms with E-state index in [2.05, 4.69) is 12.2 Å². The van der Waals surface area contributed by atoms with Crippen molar-refractivity contribution in [2.24, 2.45) is 0 Å². The highest BCUT2D eigenvalue weighted by molar-refractivity contribution is 4.53. The third-order valence-electron chi connectivity index (χ3n) is 3.40. The van der Waals surface area contributed by atoms with Crippen LogP contribution in [0.4, 0.5) is 0 Å². The average Bonchev–Trinajstić information content (AvgIpc) is 2.34. The first kappa shape index (κ1) is 17.9. The second kappa shape index (κ2) is 15.0. The molecule has 2 heteroatoms. The van der Waals surface area contributed by atoms with E-state index in [0.717, 1.165) is 13.1 Å². The van der Waals surface area contributed by atoms with Crippen LogP contribution in [0.15, 0.2) is 0 Å². The van der Waals surface area contributed by atoms with Crippen molar-refractivity contribution in [2.45, 2.75) is 90.6 Å². The predicted octanol–water partition coefficient (Wildman–Crippen LogP) is 4.27. The number of nitrogens with one attached hydrogen (secondary N) is 1. The van der Waals surface area contributed by atoms with Crippen molar-refractivity contribution in [3.05, 3.63) is 0 Å². The van der Waals surface area contributed by atoms with Crippen molar-refractivity contribution in [2.75, 3.05) is 13.1 Å². The molecule has 0 aliphatic carbocycles. The molecule has 18 heavy (non-hydrogen) atoms. The number of hydrogen-bond acceptors (Lipinski definition) is 2. The summed E-state index contributed by atoms with van der Waals surface area (Å²) in [5.41, 5.74) is 0. The maximum Gasteiger partial charge on any atom is 0.0636 e. The van der Waals surface area contributed by atoms with Crippen molar-refractivity contribution in [3.63, 3.8) is 0 Å². The molecule has 1 atom stereocenters. The van der Waals surface area contributed by atoms with Gasteiger partial charge in [-0.05, 0) is 19.9 Å². The van der Waals surface area contributed by atoms with Gasteiger partial charge in [-0.1, -0.05) is 71.1 Å². The van der Waals surface area contributed by atoms with Gasteiger partial charge in [-0.3, -0.25) is 0 Å². The van der Waals surface area contributed by atoms with E-state index < -0.39 is 0 Å². The topological polar surface area (TPSA) is 32.3 Å². The van der Waals surface area contributed by atoms with Gasteiger partial charge in [-0.25, -0.2) is 0 Å². The molecule has 0 unspecified atom stereocenters. The SMILES string of the molecule is CCCCCCCCCCCCCNC[C@@H](C)O. The lowest BCUT2D eigenvalue weighted by Crippen LogP contribution is -2.25. The first-order valence-electron chi connectivity index (χ1n) is 8.16. The Kier molecular flexibility index (Phi) is 14.9. The van der Waals surface area contributed by atoms with Gasteiger partial charge in [0.15, 0.2) is 0 Å². The minimum atomic E-state index is -0.210. The third kappa shape index (κ3) is 15.9. The van der Waals surface area contributed by atoms with Crippen LogP contribution in [0.5, 0.6) is 0 Å². The minimum absolute atomic E-state index is 0.210. The van der Waals surface area contributed by atoms with Crippen LogP contribution in [0.1, 0.15) is 84.5 Å². The number of aliphatic hydroxyl groups excluding tert-OH is 1. The van der Waals surface area contributed by atoms with Gasteiger partial charge in [0, 0.05) is 6.54 Å². The van der Waals surface area contributed by atoms with E-state index >= 15 is 0 Å². The molecule has 0 amide bonds. The van der Waals surface area contributed by atoms with Crippen LogP contribution in [0, 0.1) is 0 Å². The maximum atomic E-state index is 9.07. The van der Waals surface area contributed by atoms with Crippen LogP contribution in [0.25, 0.3) is 0 Å². The number of unbranched alkanes of at least 4 members (excludes halogenated alkanes) is 10. The predicted molar refractivity (Wildman–Crippen MR) is 81.0 cm³/mol. The molecule has 0 saturated heterocycles. The molecule has 110 valence electrons. The third-order valence-corrected chi connectivity index (χ3v) is 3.40. The highest BCUT2D eigenvalue weighted by Crippen LogP contribution is 2.10. The summed E-state index contributed by atoms with van der Waals surface area (Å²) in [7, 11) is 0. The molecular weight excluding hydrogens is 222 g/mol. The van der Waals surface area contributed by atoms with E-state index in [-0.39, 0.29) is 6.10 Å². The Bertz CT molecular complexity index is 148. The van der Waals surface area contributed by atoms with E-state index in [1.807, 2.05) is 6.92 Å². The van der Waals surface area contributed by atoms with Crippen molar-refractivity contribution in [1.82, 2.24) is 5.32 Å². The van der Waals surface area contributed by atoms with Crippen LogP contribution < -0.4 is 5.32 Å². The Hall–Kier alpha value is -0.0800. The zero-order valence-electron chi connectivity index (χ0n) is 12.7. The second-order valence-electron chi connectivity index (χ2n) is 5.59. The Labute approximate surface area is 115 Å². The molecule has 2 nitrogen and oxygen atoms in total. The fourth-order valence-corrected chi connectivity index (χ4v) is 2.23. The van der Waals surface area contributed by atoms with Gasteiger partial charge in [0.05, 0.1) is 6.10 Å². The van der Waals surface area contributed by atoms with Gasteiger partial charge < -0.3 is 10.4 Å². The van der Waals surface area contributed by atoms with Gasteiger partial charge in [-0.15, -0.1) is 0 Å². The summed E-state index contributed by atoms with van der Waals surface area (Å²) in [6.07, 6.45) is 15.1. The van der Waals surface area contributed by atoms with Crippen LogP contribution in [0.2, 0.25) is 0 Å². The molecule has 0 aromatic carbocycles. The molecule has 0 fully saturated rings. The Morgan fingerprint density at radius 2 is 1.22 bits per heavy atom. The van der Waals surface area contributed by atoms with Crippen LogP contribution in [-0.2, 0) is 0 Å². The lowest BCUT2D eigenvalue weighted by atomic mass is 10.1. The molecule has 0 aromatic heterocycles. The van der Waals surface area contributed by atoms with E-state index in [0.29, 0.717) is 0 Å². The summed E-state index contributed by atoms with van der Waals surface area (Å²) in [4.78, 5) is 0. The smallest absolute Gasteiger partial charge is 0.0636 e. The van der Waals surface area contributed by atoms with E-state index in [1.165, 1.54) is 70.6 Å². The summed E-state index contributed by atoms with van der Waals surface area (Å²) in [6, 6.07) is 0. The van der Waals surface area contributed by atoms with Crippen LogP contribution >= 0.6 is 0 Å². The fraction of sp³-hybridized carbons (Fsp3) is 1.00. The zero-order chi connectivity index (χ0) is 13.5. The summed E-state index contributed by atoms with van der Waals surface area (Å²) >= 11 is 0. The van der Waals surface area contributed by atoms with Crippen molar-refractivity contribution in [3.8, 4) is 0 Å². The standard InChI is InChI=1S/C16H35NO/c1-3-4-5-6-7-8-9-10-11-12-13-14-17-15-16(2)18/h16-18H,3-15H2,1-2H3/t16-/m1/s1. The van der Waals surface area contributed by atoms with Crippen LogP contribution in [0.3, 0.4) is 0 Å². The normalized spacial score (nSPS) is 12.8. The molecule has 0 spiro atoms. The zero-order valence-corrected chi connectivity index (χ0v) is 12.7. The molecule has 0 radical (unpaired) electrons. The second-order valence-corrected chi connectivity index (χ2v) is 5.59. The van der Waals surface area contributed by atoms with Gasteiger partial charge in [0.1, 0.15) is 0 Å². The Morgan fingerprint density at radius 3 is 1.67 bits per heavy atom. The van der Waals surface area contributed by atoms with Crippen LogP contribution in [-0.4, -0.2) is 24.3 Å². The van der Waals surface area contributed by atoms with Gasteiger partial charge in [-0.2, -0.15) is 0 Å². The molecular formula is C16H35NO. The van der Waals surface area contributed by atoms with Crippen molar-refractivity contribution in [1.29, 1.82) is 0 Å². The van der Waals surface area contributed by atoms with Gasteiger partial charge >= 0.3 is 0 Å². The molecule has 0 aromatic rings. The number of rotatable bonds is 14. The minimum Gasteiger partial charge on any atom is -0.392 e. The van der Waals surface area contributed by atoms with Crippen molar-refractivity contribution < 1.29 is 5.11 Å². The highest BCUT2D eigenvalue weighted by atomic mass is 16.3. The molecule has 0 aliphatic heterocycles. The van der Waals surface area contributed by atoms with E-state index in [9.17, 15) is 0 Å². The summed E-state index contributed by atoms with van der Waals surface area (Å²) in [6.45, 7) is 5.89. The monoisotopic (exact) mass is 257 g/mol. The first-order chi connectivity index (χ1) is 8.77. The first-order valence-corrected chi connectivity index (χ1v) is 8.16. The number of hydrogen-bond donors (Lipinski definition) is 2. The summed E-state index contributed by atoms with van der Waals surface area (Å²) in [5.74, 6) is 0. The maximum absolute atomic E-state index is 9.07. The molecule has 2 N–H and O–H groups in total. The van der Waals surface area contributed by atoms with E-state index in [1.54, 1.807) is 0 Å². The van der Waals surface area contributed by atoms with Crippen molar-refractivity contribution >= 4 is 0 Å². The fourth-order valence-electron chi connectivity index (χ4n) is 2.23. The molecule has 0 aliphatic rings. The highest BCUT2D eigenvalue weighted by Gasteiger charge is 1.95. The number of aliphatic hydroxyl groups is 1. The average molecular weight is 257 g/mol. The Morgan fingerprint density at radius 1 is 0.778 bits per heavy atom. The summed E-state index contributed by atoms with van der Waals surface area (Å²) < 4.78 is 0. The Balaban J connectivity index is 2.90. The lowest BCUT2D eigenvalue weighted by Gasteiger charge is -2.06. The largest absolute Gasteiger partial charge is 0.392 e. The molecule has 0 heterocycles. The lowest BCUT2D eigenvalue weighted by molar-refractivity contribution is 0.191. The summed E-state index contributed by atoms with van der Waals surface area (Å²) in [5, 5.41) is 12.3. The molecule has 0 rings (SSSR count). The van der Waals surface area contributed by atoms with Gasteiger partial charge in [0.2, 0.25) is 0 Å². The van der Waals surface area contributed by atoms with E-state index in [4.69, 9.17) is 5.11 Å². The van der Waals surface area contributed by atoms with Gasteiger partial charge in [0.25, 0.3) is 0 Å². The quantitative estimate of drug-likeness (QED) is 0.456. The molecule has 0 saturated carbocycles.